The first-order valence-electron chi connectivity index (χ1n) is 28.3. The van der Waals surface area contributed by atoms with Crippen LogP contribution in [0.2, 0.25) is 0 Å². The van der Waals surface area contributed by atoms with Gasteiger partial charge in [0.25, 0.3) is 0 Å². The fourth-order valence-electron chi connectivity index (χ4n) is 8.93. The van der Waals surface area contributed by atoms with Crippen LogP contribution in [0.3, 0.4) is 0 Å². The summed E-state index contributed by atoms with van der Waals surface area (Å²) in [6.45, 7) is 19.7. The number of ether oxygens (including phenoxy) is 1. The van der Waals surface area contributed by atoms with Crippen molar-refractivity contribution in [3.05, 3.63) is 0 Å². The number of aliphatic hydroxyl groups excluding tert-OH is 3. The van der Waals surface area contributed by atoms with E-state index in [1.165, 1.54) is 215 Å². The molecular formula is C56H112O5S4. The van der Waals surface area contributed by atoms with E-state index in [0.29, 0.717) is 0 Å². The SMILES string of the molecule is CCCCCCCCCCC(C)SC(O)C(C(O)SC(C)CCCCCCCCCC)(C(O)SC(C)CCCCCCCCCC)C(OC(=O)CC)SC(C)CCCCCCCCCC. The molecule has 5 nitrogen and oxygen atoms in total. The third-order valence-electron chi connectivity index (χ3n) is 13.5. The number of carbonyl (C=O) groups excluding carboxylic acids is 1. The predicted molar refractivity (Wildman–Crippen MR) is 298 cm³/mol. The van der Waals surface area contributed by atoms with E-state index in [1.54, 1.807) is 11.8 Å². The first-order chi connectivity index (χ1) is 31.4. The number of carbonyl (C=O) groups is 1. The Bertz CT molecular complexity index is 938. The minimum Gasteiger partial charge on any atom is -0.450 e. The molecule has 0 spiro atoms. The number of hydrogen-bond acceptors (Lipinski definition) is 9. The van der Waals surface area contributed by atoms with Gasteiger partial charge in [0.1, 0.15) is 21.7 Å². The third kappa shape index (κ3) is 33.9. The van der Waals surface area contributed by atoms with E-state index in [0.717, 1.165) is 51.4 Å². The maximum Gasteiger partial charge on any atom is 0.306 e. The molecule has 0 aliphatic heterocycles. The number of aliphatic hydroxyl groups is 3. The zero-order valence-corrected chi connectivity index (χ0v) is 47.8. The maximum absolute atomic E-state index is 13.5. The molecule has 0 aromatic carbocycles. The van der Waals surface area contributed by atoms with Crippen molar-refractivity contribution in [1.82, 2.24) is 0 Å². The lowest BCUT2D eigenvalue weighted by molar-refractivity contribution is -0.159. The molecule has 3 N–H and O–H groups in total. The fourth-order valence-corrected chi connectivity index (χ4v) is 15.0. The summed E-state index contributed by atoms with van der Waals surface area (Å²) < 4.78 is 6.49. The predicted octanol–water partition coefficient (Wildman–Crippen LogP) is 18.8. The Balaban J connectivity index is 6.63. The van der Waals surface area contributed by atoms with Gasteiger partial charge in [-0.2, -0.15) is 0 Å². The Morgan fingerprint density at radius 1 is 0.369 bits per heavy atom. The normalized spacial score (nSPS) is 16.7. The van der Waals surface area contributed by atoms with Crippen LogP contribution in [-0.2, 0) is 9.53 Å². The summed E-state index contributed by atoms with van der Waals surface area (Å²) in [6, 6.07) is 0. The summed E-state index contributed by atoms with van der Waals surface area (Å²) in [7, 11) is 0. The molecular weight excluding hydrogens is 881 g/mol. The molecule has 0 aromatic heterocycles. The Hall–Kier alpha value is 0.750. The maximum atomic E-state index is 13.5. The van der Waals surface area contributed by atoms with E-state index >= 15 is 0 Å². The van der Waals surface area contributed by atoms with Gasteiger partial charge in [0.15, 0.2) is 5.44 Å². The molecule has 0 saturated heterocycles. The topological polar surface area (TPSA) is 87.0 Å². The van der Waals surface area contributed by atoms with Crippen LogP contribution < -0.4 is 0 Å². The highest BCUT2D eigenvalue weighted by atomic mass is 32.2. The van der Waals surface area contributed by atoms with E-state index in [4.69, 9.17) is 4.74 Å². The molecule has 0 heterocycles. The molecule has 0 aliphatic carbocycles. The average Bonchev–Trinajstić information content (AvgIpc) is 3.27. The van der Waals surface area contributed by atoms with Crippen LogP contribution in [0.15, 0.2) is 0 Å². The lowest BCUT2D eigenvalue weighted by Crippen LogP contribution is -2.59. The average molecular weight is 994 g/mol. The van der Waals surface area contributed by atoms with Gasteiger partial charge in [-0.25, -0.2) is 0 Å². The van der Waals surface area contributed by atoms with E-state index in [1.807, 2.05) is 6.92 Å². The van der Waals surface area contributed by atoms with Crippen molar-refractivity contribution in [3.63, 3.8) is 0 Å². The quantitative estimate of drug-likeness (QED) is 0.0313. The van der Waals surface area contributed by atoms with Crippen LogP contribution in [0.25, 0.3) is 0 Å². The highest BCUT2D eigenvalue weighted by Crippen LogP contribution is 2.55. The Morgan fingerprint density at radius 2 is 0.585 bits per heavy atom. The van der Waals surface area contributed by atoms with Gasteiger partial charge in [0.05, 0.1) is 0 Å². The molecule has 0 rings (SSSR count). The Kier molecular flexibility index (Phi) is 46.4. The zero-order chi connectivity index (χ0) is 48.4. The van der Waals surface area contributed by atoms with E-state index in [2.05, 4.69) is 55.4 Å². The van der Waals surface area contributed by atoms with Crippen LogP contribution in [0, 0.1) is 5.41 Å². The minimum atomic E-state index is -1.52. The summed E-state index contributed by atoms with van der Waals surface area (Å²) in [5.41, 5.74) is -5.84. The highest BCUT2D eigenvalue weighted by molar-refractivity contribution is 8.03. The van der Waals surface area contributed by atoms with Crippen LogP contribution in [0.5, 0.6) is 0 Å². The van der Waals surface area contributed by atoms with Gasteiger partial charge in [-0.05, 0) is 25.7 Å². The highest BCUT2D eigenvalue weighted by Gasteiger charge is 2.60. The van der Waals surface area contributed by atoms with E-state index in [9.17, 15) is 20.1 Å². The molecule has 9 heteroatoms. The molecule has 0 saturated carbocycles. The number of unbranched alkanes of at least 4 members (excludes halogenated alkanes) is 28. The van der Waals surface area contributed by atoms with Crippen LogP contribution >= 0.6 is 47.0 Å². The van der Waals surface area contributed by atoms with Gasteiger partial charge in [-0.1, -0.05) is 268 Å². The van der Waals surface area contributed by atoms with Crippen molar-refractivity contribution < 1.29 is 24.9 Å². The first-order valence-corrected chi connectivity index (χ1v) is 32.1. The number of esters is 1. The fraction of sp³-hybridized carbons (Fsp3) is 0.982. The lowest BCUT2D eigenvalue weighted by Gasteiger charge is -2.49. The summed E-state index contributed by atoms with van der Waals surface area (Å²) >= 11 is 6.02. The molecule has 65 heavy (non-hydrogen) atoms. The standard InChI is InChI=1S/C56H112O5S4/c1-10-15-19-23-27-31-35-39-43-47(6)62-52(58)56(53(59)63-48(7)44-40-36-32-28-24-20-16-11-2,54(60)64-49(8)45-41-37-33-29-25-21-17-12-3)55(61-51(57)14-5)65-50(9)46-42-38-34-30-26-22-18-13-4/h47-50,52-55,58-60H,10-46H2,1-9H3. The van der Waals surface area contributed by atoms with Gasteiger partial charge < -0.3 is 20.1 Å². The number of hydrogen-bond donors (Lipinski definition) is 3. The van der Waals surface area contributed by atoms with Crippen LogP contribution in [0.4, 0.5) is 0 Å². The molecule has 0 amide bonds. The zero-order valence-electron chi connectivity index (χ0n) is 44.6. The molecule has 8 atom stereocenters. The van der Waals surface area contributed by atoms with Crippen molar-refractivity contribution in [2.75, 3.05) is 0 Å². The molecule has 0 radical (unpaired) electrons. The molecule has 0 aliphatic rings. The monoisotopic (exact) mass is 993 g/mol. The molecule has 0 fully saturated rings. The summed E-state index contributed by atoms with van der Waals surface area (Å²) in [5, 5.41) is 39.2. The third-order valence-corrected chi connectivity index (χ3v) is 19.1. The summed E-state index contributed by atoms with van der Waals surface area (Å²) in [6.07, 6.45) is 44.2. The van der Waals surface area contributed by atoms with Crippen LogP contribution in [0.1, 0.15) is 300 Å². The largest absolute Gasteiger partial charge is 0.450 e. The number of thioether (sulfide) groups is 4. The molecule has 8 unspecified atom stereocenters. The van der Waals surface area contributed by atoms with Gasteiger partial charge in [0, 0.05) is 27.4 Å². The second-order valence-electron chi connectivity index (χ2n) is 20.1. The molecule has 0 bridgehead atoms. The van der Waals surface area contributed by atoms with Crippen molar-refractivity contribution in [1.29, 1.82) is 0 Å². The first kappa shape index (κ1) is 65.8. The van der Waals surface area contributed by atoms with Crippen LogP contribution in [-0.4, -0.2) is 64.0 Å². The summed E-state index contributed by atoms with van der Waals surface area (Å²) in [4.78, 5) is 13.5. The van der Waals surface area contributed by atoms with Gasteiger partial charge in [-0.15, -0.1) is 47.0 Å². The van der Waals surface area contributed by atoms with E-state index < -0.39 is 27.2 Å². The van der Waals surface area contributed by atoms with Gasteiger partial charge in [0.2, 0.25) is 0 Å². The van der Waals surface area contributed by atoms with Crippen molar-refractivity contribution in [3.8, 4) is 0 Å². The van der Waals surface area contributed by atoms with Gasteiger partial charge >= 0.3 is 5.97 Å². The number of rotatable bonds is 50. The van der Waals surface area contributed by atoms with E-state index in [-0.39, 0.29) is 33.4 Å². The molecule has 390 valence electrons. The smallest absolute Gasteiger partial charge is 0.306 e. The molecule has 0 aromatic rings. The van der Waals surface area contributed by atoms with Crippen molar-refractivity contribution in [2.45, 2.75) is 343 Å². The van der Waals surface area contributed by atoms with Crippen molar-refractivity contribution in [2.24, 2.45) is 5.41 Å². The second-order valence-corrected chi connectivity index (χ2v) is 26.1. The van der Waals surface area contributed by atoms with Gasteiger partial charge in [-0.3, -0.25) is 4.79 Å². The van der Waals surface area contributed by atoms with Crippen molar-refractivity contribution >= 4 is 53.0 Å². The lowest BCUT2D eigenvalue weighted by atomic mass is 9.90. The Morgan fingerprint density at radius 3 is 0.815 bits per heavy atom. The second kappa shape index (κ2) is 45.9. The Labute approximate surface area is 423 Å². The minimum absolute atomic E-state index is 0.116. The summed E-state index contributed by atoms with van der Waals surface area (Å²) in [5.74, 6) is -0.344.